The maximum Gasteiger partial charge on any atom is 0.233 e. The smallest absolute Gasteiger partial charge is 0.233 e. The maximum absolute atomic E-state index is 12.4. The van der Waals surface area contributed by atoms with Crippen molar-refractivity contribution < 1.29 is 9.21 Å². The first-order valence-corrected chi connectivity index (χ1v) is 10.1. The van der Waals surface area contributed by atoms with E-state index >= 15 is 0 Å². The fraction of sp³-hybridized carbons (Fsp3) is 0.389. The molecule has 0 aliphatic heterocycles. The first kappa shape index (κ1) is 16.6. The second kappa shape index (κ2) is 6.80. The minimum atomic E-state index is -0.232. The van der Waals surface area contributed by atoms with E-state index in [1.54, 1.807) is 17.6 Å². The number of nitrogens with one attached hydrogen (secondary N) is 1. The zero-order valence-corrected chi connectivity index (χ0v) is 15.8. The summed E-state index contributed by atoms with van der Waals surface area (Å²) in [6.07, 6.45) is 5.04. The summed E-state index contributed by atoms with van der Waals surface area (Å²) in [4.78, 5) is 24.2. The van der Waals surface area contributed by atoms with E-state index in [0.717, 1.165) is 34.3 Å². The van der Waals surface area contributed by atoms with Crippen molar-refractivity contribution in [3.05, 3.63) is 40.4 Å². The number of rotatable bonds is 5. The van der Waals surface area contributed by atoms with Gasteiger partial charge in [-0.3, -0.25) is 4.79 Å². The van der Waals surface area contributed by atoms with Crippen LogP contribution in [0.1, 0.15) is 35.4 Å². The van der Waals surface area contributed by atoms with Gasteiger partial charge in [-0.1, -0.05) is 11.8 Å². The number of fused-ring (bicyclic) bond motifs is 3. The summed E-state index contributed by atoms with van der Waals surface area (Å²) in [7, 11) is 0. The Balaban J connectivity index is 1.54. The lowest BCUT2D eigenvalue weighted by Crippen LogP contribution is -2.30. The van der Waals surface area contributed by atoms with Crippen LogP contribution in [0, 0.1) is 6.92 Å². The second-order valence-electron chi connectivity index (χ2n) is 6.17. The first-order chi connectivity index (χ1) is 12.1. The predicted molar refractivity (Wildman–Crippen MR) is 100 cm³/mol. The van der Waals surface area contributed by atoms with Crippen molar-refractivity contribution in [2.45, 2.75) is 49.9 Å². The molecule has 0 aromatic carbocycles. The molecule has 0 fully saturated rings. The number of hydrogen-bond acceptors (Lipinski definition) is 6. The van der Waals surface area contributed by atoms with Crippen LogP contribution in [0.3, 0.4) is 0 Å². The van der Waals surface area contributed by atoms with E-state index in [1.165, 1.54) is 34.0 Å². The van der Waals surface area contributed by atoms with Gasteiger partial charge in [-0.25, -0.2) is 9.97 Å². The molecule has 4 rings (SSSR count). The molecule has 3 aromatic heterocycles. The molecule has 0 saturated carbocycles. The lowest BCUT2D eigenvalue weighted by atomic mass is 10.2. The van der Waals surface area contributed by atoms with Crippen LogP contribution in [0.15, 0.2) is 27.8 Å². The Labute approximate surface area is 154 Å². The Hall–Kier alpha value is -1.86. The van der Waals surface area contributed by atoms with Crippen molar-refractivity contribution in [3.63, 3.8) is 0 Å². The first-order valence-electron chi connectivity index (χ1n) is 8.37. The number of amides is 1. The molecule has 1 N–H and O–H groups in total. The normalized spacial score (nSPS) is 14.6. The van der Waals surface area contributed by atoms with Gasteiger partial charge in [0, 0.05) is 10.3 Å². The molecule has 1 amide bonds. The van der Waals surface area contributed by atoms with E-state index in [9.17, 15) is 4.79 Å². The topological polar surface area (TPSA) is 68.0 Å². The SMILES string of the molecule is Cc1nc(S[C@@H](C)C(=O)NCc2ccco2)c2c3c(sc2n1)CCC3. The van der Waals surface area contributed by atoms with Gasteiger partial charge in [-0.05, 0) is 50.8 Å². The lowest BCUT2D eigenvalue weighted by molar-refractivity contribution is -0.120. The zero-order chi connectivity index (χ0) is 17.4. The van der Waals surface area contributed by atoms with E-state index < -0.39 is 0 Å². The van der Waals surface area contributed by atoms with Crippen LogP contribution < -0.4 is 5.32 Å². The van der Waals surface area contributed by atoms with Gasteiger partial charge in [-0.15, -0.1) is 11.3 Å². The van der Waals surface area contributed by atoms with E-state index in [2.05, 4.69) is 15.3 Å². The molecule has 0 spiro atoms. The molecule has 0 bridgehead atoms. The number of hydrogen-bond donors (Lipinski definition) is 1. The van der Waals surface area contributed by atoms with E-state index in [1.807, 2.05) is 26.0 Å². The Morgan fingerprint density at radius 3 is 3.12 bits per heavy atom. The average molecular weight is 374 g/mol. The van der Waals surface area contributed by atoms with Crippen molar-refractivity contribution in [2.24, 2.45) is 0 Å². The van der Waals surface area contributed by atoms with Crippen molar-refractivity contribution >= 4 is 39.2 Å². The van der Waals surface area contributed by atoms with Crippen LogP contribution in [0.25, 0.3) is 10.2 Å². The minimum Gasteiger partial charge on any atom is -0.467 e. The average Bonchev–Trinajstić information content (AvgIpc) is 3.28. The lowest BCUT2D eigenvalue weighted by Gasteiger charge is -2.12. The zero-order valence-electron chi connectivity index (χ0n) is 14.2. The van der Waals surface area contributed by atoms with Crippen molar-refractivity contribution in [1.82, 2.24) is 15.3 Å². The van der Waals surface area contributed by atoms with Crippen molar-refractivity contribution in [3.8, 4) is 0 Å². The third-order valence-corrected chi connectivity index (χ3v) is 6.59. The molecule has 0 radical (unpaired) electrons. The number of furan rings is 1. The standard InChI is InChI=1S/C18H19N3O2S2/c1-10(16(22)19-9-12-5-4-8-23-12)24-17-15-13-6-3-7-14(13)25-18(15)21-11(2)20-17/h4-5,8,10H,3,6-7,9H2,1-2H3,(H,19,22)/t10-/m0/s1. The van der Waals surface area contributed by atoms with Crippen LogP contribution in [-0.4, -0.2) is 21.1 Å². The summed E-state index contributed by atoms with van der Waals surface area (Å²) in [5.41, 5.74) is 1.39. The molecule has 3 aromatic rings. The van der Waals surface area contributed by atoms with E-state index in [-0.39, 0.29) is 11.2 Å². The molecule has 0 saturated heterocycles. The van der Waals surface area contributed by atoms with Crippen LogP contribution in [0.4, 0.5) is 0 Å². The van der Waals surface area contributed by atoms with Gasteiger partial charge in [-0.2, -0.15) is 0 Å². The Morgan fingerprint density at radius 1 is 1.44 bits per heavy atom. The van der Waals surface area contributed by atoms with Crippen molar-refractivity contribution in [2.75, 3.05) is 0 Å². The number of carbonyl (C=O) groups is 1. The highest BCUT2D eigenvalue weighted by molar-refractivity contribution is 8.00. The molecule has 130 valence electrons. The quantitative estimate of drug-likeness (QED) is 0.543. The summed E-state index contributed by atoms with van der Waals surface area (Å²) in [5, 5.41) is 4.79. The van der Waals surface area contributed by atoms with Crippen molar-refractivity contribution in [1.29, 1.82) is 0 Å². The fourth-order valence-electron chi connectivity index (χ4n) is 3.10. The maximum atomic E-state index is 12.4. The molecule has 7 heteroatoms. The van der Waals surface area contributed by atoms with E-state index in [4.69, 9.17) is 4.42 Å². The summed E-state index contributed by atoms with van der Waals surface area (Å²) in [5.74, 6) is 1.50. The molecule has 0 unspecified atom stereocenters. The number of nitrogens with zero attached hydrogens (tertiary/aromatic N) is 2. The molecule has 3 heterocycles. The highest BCUT2D eigenvalue weighted by Gasteiger charge is 2.24. The number of aromatic nitrogens is 2. The Morgan fingerprint density at radius 2 is 2.32 bits per heavy atom. The minimum absolute atomic E-state index is 0.0160. The van der Waals surface area contributed by atoms with Gasteiger partial charge in [0.1, 0.15) is 21.4 Å². The summed E-state index contributed by atoms with van der Waals surface area (Å²) < 4.78 is 5.25. The van der Waals surface area contributed by atoms with Crippen LogP contribution in [0.5, 0.6) is 0 Å². The number of thioether (sulfide) groups is 1. The van der Waals surface area contributed by atoms with Gasteiger partial charge in [0.2, 0.25) is 5.91 Å². The molecule has 1 atom stereocenters. The third kappa shape index (κ3) is 3.30. The largest absolute Gasteiger partial charge is 0.467 e. The molecular formula is C18H19N3O2S2. The van der Waals surface area contributed by atoms with Gasteiger partial charge in [0.15, 0.2) is 0 Å². The molecule has 1 aliphatic carbocycles. The van der Waals surface area contributed by atoms with Gasteiger partial charge in [0.05, 0.1) is 18.1 Å². The highest BCUT2D eigenvalue weighted by atomic mass is 32.2. The van der Waals surface area contributed by atoms with Crippen LogP contribution in [-0.2, 0) is 24.2 Å². The monoisotopic (exact) mass is 373 g/mol. The third-order valence-electron chi connectivity index (χ3n) is 4.32. The van der Waals surface area contributed by atoms with Crippen LogP contribution in [0.2, 0.25) is 0 Å². The van der Waals surface area contributed by atoms with Crippen LogP contribution >= 0.6 is 23.1 Å². The highest BCUT2D eigenvalue weighted by Crippen LogP contribution is 2.41. The summed E-state index contributed by atoms with van der Waals surface area (Å²) in [6, 6.07) is 3.67. The molecule has 5 nitrogen and oxygen atoms in total. The predicted octanol–water partition coefficient (Wildman–Crippen LogP) is 3.88. The molecule has 25 heavy (non-hydrogen) atoms. The summed E-state index contributed by atoms with van der Waals surface area (Å²) in [6.45, 7) is 4.23. The van der Waals surface area contributed by atoms with Gasteiger partial charge < -0.3 is 9.73 Å². The second-order valence-corrected chi connectivity index (χ2v) is 8.58. The molecular weight excluding hydrogens is 354 g/mol. The number of thiophene rings is 1. The number of carbonyl (C=O) groups excluding carboxylic acids is 1. The van der Waals surface area contributed by atoms with Gasteiger partial charge in [0.25, 0.3) is 0 Å². The Bertz CT molecular complexity index is 918. The van der Waals surface area contributed by atoms with E-state index in [0.29, 0.717) is 6.54 Å². The number of aryl methyl sites for hydroxylation is 3. The summed E-state index contributed by atoms with van der Waals surface area (Å²) >= 11 is 3.30. The van der Waals surface area contributed by atoms with Gasteiger partial charge >= 0.3 is 0 Å². The fourth-order valence-corrected chi connectivity index (χ4v) is 5.52. The Kier molecular flexibility index (Phi) is 4.52. The molecule has 1 aliphatic rings.